The molecule has 0 bridgehead atoms. The van der Waals surface area contributed by atoms with Gasteiger partial charge >= 0.3 is 0 Å². The second-order valence-corrected chi connectivity index (χ2v) is 6.07. The minimum Gasteiger partial charge on any atom is -0.488 e. The maximum atomic E-state index is 9.51. The zero-order chi connectivity index (χ0) is 13.4. The van der Waals surface area contributed by atoms with Gasteiger partial charge in [0.2, 0.25) is 0 Å². The zero-order valence-electron chi connectivity index (χ0n) is 11.8. The summed E-state index contributed by atoms with van der Waals surface area (Å²) in [7, 11) is 0. The normalized spacial score (nSPS) is 30.4. The molecule has 0 amide bonds. The Labute approximate surface area is 115 Å². The Morgan fingerprint density at radius 2 is 2.26 bits per heavy atom. The fourth-order valence-corrected chi connectivity index (χ4v) is 3.42. The number of fused-ring (bicyclic) bond motifs is 1. The molecule has 0 aromatic heterocycles. The highest BCUT2D eigenvalue weighted by molar-refractivity contribution is 5.40. The maximum absolute atomic E-state index is 9.51. The molecule has 104 valence electrons. The second kappa shape index (κ2) is 5.14. The van der Waals surface area contributed by atoms with Gasteiger partial charge in [0.1, 0.15) is 11.9 Å². The molecule has 1 aromatic rings. The van der Waals surface area contributed by atoms with Crippen LogP contribution in [0.1, 0.15) is 24.5 Å². The molecule has 0 radical (unpaired) electrons. The number of ether oxygens (including phenoxy) is 1. The standard InChI is InChI=1S/C16H23NO2/c1-11-3-4-16-13(7-11)8-14(19-16)9-17-6-5-12(2)15(17)10-18/h3-4,7,12,14-15,18H,5-6,8-10H2,1-2H3. The van der Waals surface area contributed by atoms with E-state index in [4.69, 9.17) is 4.74 Å². The van der Waals surface area contributed by atoms with Crippen LogP contribution in [0.15, 0.2) is 18.2 Å². The third-order valence-electron chi connectivity index (χ3n) is 4.58. The number of aliphatic hydroxyl groups excluding tert-OH is 1. The van der Waals surface area contributed by atoms with Gasteiger partial charge in [0.25, 0.3) is 0 Å². The fraction of sp³-hybridized carbons (Fsp3) is 0.625. The highest BCUT2D eigenvalue weighted by Gasteiger charge is 2.34. The van der Waals surface area contributed by atoms with Gasteiger partial charge in [0.05, 0.1) is 6.61 Å². The number of hydrogen-bond acceptors (Lipinski definition) is 3. The first-order chi connectivity index (χ1) is 9.17. The van der Waals surface area contributed by atoms with Gasteiger partial charge in [-0.1, -0.05) is 24.6 Å². The van der Waals surface area contributed by atoms with Gasteiger partial charge in [-0.3, -0.25) is 4.90 Å². The Morgan fingerprint density at radius 3 is 3.05 bits per heavy atom. The van der Waals surface area contributed by atoms with Gasteiger partial charge < -0.3 is 9.84 Å². The molecular formula is C16H23NO2. The van der Waals surface area contributed by atoms with Crippen LogP contribution in [-0.2, 0) is 6.42 Å². The van der Waals surface area contributed by atoms with Crippen LogP contribution >= 0.6 is 0 Å². The van der Waals surface area contributed by atoms with Crippen molar-refractivity contribution in [2.75, 3.05) is 19.7 Å². The molecule has 0 spiro atoms. The van der Waals surface area contributed by atoms with Crippen LogP contribution in [0.25, 0.3) is 0 Å². The summed E-state index contributed by atoms with van der Waals surface area (Å²) < 4.78 is 6.03. The van der Waals surface area contributed by atoms with E-state index in [0.717, 1.165) is 25.3 Å². The van der Waals surface area contributed by atoms with Crippen LogP contribution in [0.2, 0.25) is 0 Å². The largest absolute Gasteiger partial charge is 0.488 e. The monoisotopic (exact) mass is 261 g/mol. The van der Waals surface area contributed by atoms with Crippen LogP contribution in [0, 0.1) is 12.8 Å². The zero-order valence-corrected chi connectivity index (χ0v) is 11.8. The Bertz CT molecular complexity index is 460. The molecule has 3 nitrogen and oxygen atoms in total. The average molecular weight is 261 g/mol. The summed E-state index contributed by atoms with van der Waals surface area (Å²) in [5.41, 5.74) is 2.63. The van der Waals surface area contributed by atoms with Crippen molar-refractivity contribution in [3.63, 3.8) is 0 Å². The second-order valence-electron chi connectivity index (χ2n) is 6.07. The van der Waals surface area contributed by atoms with Crippen molar-refractivity contribution in [1.29, 1.82) is 0 Å². The lowest BCUT2D eigenvalue weighted by Gasteiger charge is -2.27. The van der Waals surface area contributed by atoms with Gasteiger partial charge in [-0.2, -0.15) is 0 Å². The molecule has 0 aliphatic carbocycles. The quantitative estimate of drug-likeness (QED) is 0.903. The molecule has 3 rings (SSSR count). The van der Waals surface area contributed by atoms with E-state index in [2.05, 4.69) is 36.9 Å². The smallest absolute Gasteiger partial charge is 0.123 e. The molecular weight excluding hydrogens is 238 g/mol. The lowest BCUT2D eigenvalue weighted by Crippen LogP contribution is -2.41. The van der Waals surface area contributed by atoms with Gasteiger partial charge in [0, 0.05) is 19.0 Å². The summed E-state index contributed by atoms with van der Waals surface area (Å²) in [6.45, 7) is 6.64. The number of nitrogens with zero attached hydrogens (tertiary/aromatic N) is 1. The molecule has 3 heteroatoms. The van der Waals surface area contributed by atoms with E-state index in [1.165, 1.54) is 17.5 Å². The molecule has 1 aromatic carbocycles. The number of hydrogen-bond donors (Lipinski definition) is 1. The third-order valence-corrected chi connectivity index (χ3v) is 4.58. The van der Waals surface area contributed by atoms with Crippen molar-refractivity contribution in [3.05, 3.63) is 29.3 Å². The highest BCUT2D eigenvalue weighted by atomic mass is 16.5. The topological polar surface area (TPSA) is 32.7 Å². The molecule has 2 aliphatic heterocycles. The predicted molar refractivity (Wildman–Crippen MR) is 75.5 cm³/mol. The first kappa shape index (κ1) is 12.9. The average Bonchev–Trinajstić information content (AvgIpc) is 2.92. The number of aryl methyl sites for hydroxylation is 1. The van der Waals surface area contributed by atoms with Gasteiger partial charge in [-0.05, 0) is 37.4 Å². The number of rotatable bonds is 3. The van der Waals surface area contributed by atoms with Crippen LogP contribution in [0.5, 0.6) is 5.75 Å². The van der Waals surface area contributed by atoms with E-state index in [-0.39, 0.29) is 12.7 Å². The third kappa shape index (κ3) is 2.49. The molecule has 3 atom stereocenters. The fourth-order valence-electron chi connectivity index (χ4n) is 3.42. The van der Waals surface area contributed by atoms with Gasteiger partial charge in [-0.15, -0.1) is 0 Å². The molecule has 1 N–H and O–H groups in total. The summed E-state index contributed by atoms with van der Waals surface area (Å²) in [5.74, 6) is 1.64. The van der Waals surface area contributed by atoms with Gasteiger partial charge in [0.15, 0.2) is 0 Å². The summed E-state index contributed by atoms with van der Waals surface area (Å²) in [5, 5.41) is 9.51. The summed E-state index contributed by atoms with van der Waals surface area (Å²) in [4.78, 5) is 2.40. The van der Waals surface area contributed by atoms with Crippen molar-refractivity contribution in [2.45, 2.75) is 38.8 Å². The van der Waals surface area contributed by atoms with Crippen LogP contribution in [-0.4, -0.2) is 41.8 Å². The van der Waals surface area contributed by atoms with E-state index in [1.54, 1.807) is 0 Å². The van der Waals surface area contributed by atoms with Crippen molar-refractivity contribution < 1.29 is 9.84 Å². The predicted octanol–water partition coefficient (Wildman–Crippen LogP) is 2.00. The molecule has 3 unspecified atom stereocenters. The summed E-state index contributed by atoms with van der Waals surface area (Å²) in [6, 6.07) is 6.73. The molecule has 2 heterocycles. The number of likely N-dealkylation sites (tertiary alicyclic amines) is 1. The Kier molecular flexibility index (Phi) is 3.50. The van der Waals surface area contributed by atoms with Gasteiger partial charge in [-0.25, -0.2) is 0 Å². The minimum absolute atomic E-state index is 0.246. The first-order valence-corrected chi connectivity index (χ1v) is 7.28. The van der Waals surface area contributed by atoms with Crippen LogP contribution < -0.4 is 4.74 Å². The van der Waals surface area contributed by atoms with E-state index in [0.29, 0.717) is 12.0 Å². The first-order valence-electron chi connectivity index (χ1n) is 7.28. The van der Waals surface area contributed by atoms with Crippen LogP contribution in [0.3, 0.4) is 0 Å². The van der Waals surface area contributed by atoms with E-state index >= 15 is 0 Å². The van der Waals surface area contributed by atoms with Crippen molar-refractivity contribution >= 4 is 0 Å². The molecule has 1 saturated heterocycles. The minimum atomic E-state index is 0.246. The highest BCUT2D eigenvalue weighted by Crippen LogP contribution is 2.31. The lowest BCUT2D eigenvalue weighted by molar-refractivity contribution is 0.0973. The van der Waals surface area contributed by atoms with E-state index in [9.17, 15) is 5.11 Å². The Morgan fingerprint density at radius 1 is 1.42 bits per heavy atom. The number of aliphatic hydroxyl groups is 1. The Balaban J connectivity index is 1.64. The SMILES string of the molecule is Cc1ccc2c(c1)CC(CN1CCC(C)C1CO)O2. The molecule has 1 fully saturated rings. The maximum Gasteiger partial charge on any atom is 0.123 e. The van der Waals surface area contributed by atoms with Crippen LogP contribution in [0.4, 0.5) is 0 Å². The molecule has 19 heavy (non-hydrogen) atoms. The number of benzene rings is 1. The molecule has 0 saturated carbocycles. The summed E-state index contributed by atoms with van der Waals surface area (Å²) in [6.07, 6.45) is 2.43. The van der Waals surface area contributed by atoms with Crippen molar-refractivity contribution in [3.8, 4) is 5.75 Å². The van der Waals surface area contributed by atoms with E-state index < -0.39 is 0 Å². The van der Waals surface area contributed by atoms with Crippen molar-refractivity contribution in [2.24, 2.45) is 5.92 Å². The van der Waals surface area contributed by atoms with Crippen molar-refractivity contribution in [1.82, 2.24) is 4.90 Å². The van der Waals surface area contributed by atoms with E-state index in [1.807, 2.05) is 0 Å². The summed E-state index contributed by atoms with van der Waals surface area (Å²) >= 11 is 0. The Hall–Kier alpha value is -1.06. The lowest BCUT2D eigenvalue weighted by atomic mass is 10.0. The molecule has 2 aliphatic rings.